The standard InChI is InChI=1S/C13H16BrN3O/c1-2-16-4-6-17(7-5-16)13-12-10(3-8-18-12)9-11(14)15-13/h3,8-9H,2,4-7H2,1H3. The molecule has 0 aliphatic carbocycles. The van der Waals surface area contributed by atoms with E-state index in [9.17, 15) is 0 Å². The molecule has 5 heteroatoms. The maximum atomic E-state index is 5.57. The minimum absolute atomic E-state index is 0.865. The fourth-order valence-corrected chi connectivity index (χ4v) is 2.83. The molecule has 0 aromatic carbocycles. The summed E-state index contributed by atoms with van der Waals surface area (Å²) in [6.07, 6.45) is 1.73. The molecule has 1 aliphatic rings. The topological polar surface area (TPSA) is 32.5 Å². The van der Waals surface area contributed by atoms with E-state index in [0.29, 0.717) is 0 Å². The Balaban J connectivity index is 1.92. The molecule has 0 saturated carbocycles. The Morgan fingerprint density at radius 1 is 1.33 bits per heavy atom. The number of anilines is 1. The average molecular weight is 310 g/mol. The summed E-state index contributed by atoms with van der Waals surface area (Å²) in [6.45, 7) is 7.52. The molecule has 0 N–H and O–H groups in total. The van der Waals surface area contributed by atoms with E-state index in [-0.39, 0.29) is 0 Å². The first-order valence-corrected chi connectivity index (χ1v) is 7.08. The van der Waals surface area contributed by atoms with Crippen LogP contribution in [0, 0.1) is 0 Å². The number of nitrogens with zero attached hydrogens (tertiary/aromatic N) is 3. The van der Waals surface area contributed by atoms with Gasteiger partial charge in [-0.3, -0.25) is 0 Å². The molecule has 0 amide bonds. The molecule has 96 valence electrons. The monoisotopic (exact) mass is 309 g/mol. The predicted octanol–water partition coefficient (Wildman–Crippen LogP) is 2.73. The summed E-state index contributed by atoms with van der Waals surface area (Å²) < 4.78 is 6.44. The summed E-state index contributed by atoms with van der Waals surface area (Å²) in [5.41, 5.74) is 0.892. The SMILES string of the molecule is CCN1CCN(c2nc(Br)cc3ccoc23)CC1. The number of furan rings is 1. The van der Waals surface area contributed by atoms with E-state index in [1.807, 2.05) is 12.1 Å². The van der Waals surface area contributed by atoms with Crippen molar-refractivity contribution in [1.82, 2.24) is 9.88 Å². The van der Waals surface area contributed by atoms with Crippen LogP contribution >= 0.6 is 15.9 Å². The molecule has 3 rings (SSSR count). The van der Waals surface area contributed by atoms with Gasteiger partial charge in [-0.15, -0.1) is 0 Å². The first kappa shape index (κ1) is 12.0. The van der Waals surface area contributed by atoms with E-state index in [2.05, 4.69) is 37.6 Å². The first-order chi connectivity index (χ1) is 8.78. The Hall–Kier alpha value is -1.07. The van der Waals surface area contributed by atoms with Crippen molar-refractivity contribution in [3.8, 4) is 0 Å². The van der Waals surface area contributed by atoms with E-state index in [1.165, 1.54) is 0 Å². The van der Waals surface area contributed by atoms with Gasteiger partial charge in [0.1, 0.15) is 4.60 Å². The number of piperazine rings is 1. The van der Waals surface area contributed by atoms with E-state index in [0.717, 1.165) is 54.1 Å². The fraction of sp³-hybridized carbons (Fsp3) is 0.462. The van der Waals surface area contributed by atoms with Crippen molar-refractivity contribution in [2.24, 2.45) is 0 Å². The molecule has 3 heterocycles. The third kappa shape index (κ3) is 2.12. The van der Waals surface area contributed by atoms with Crippen LogP contribution in [0.25, 0.3) is 11.0 Å². The summed E-state index contributed by atoms with van der Waals surface area (Å²) in [5.74, 6) is 0.958. The molecule has 1 aliphatic heterocycles. The fourth-order valence-electron chi connectivity index (χ4n) is 2.42. The molecule has 1 saturated heterocycles. The highest BCUT2D eigenvalue weighted by Gasteiger charge is 2.20. The van der Waals surface area contributed by atoms with Gasteiger partial charge < -0.3 is 14.2 Å². The lowest BCUT2D eigenvalue weighted by Crippen LogP contribution is -2.46. The second-order valence-corrected chi connectivity index (χ2v) is 5.34. The van der Waals surface area contributed by atoms with Gasteiger partial charge in [0, 0.05) is 31.6 Å². The molecule has 18 heavy (non-hydrogen) atoms. The lowest BCUT2D eigenvalue weighted by atomic mass is 10.2. The zero-order valence-corrected chi connectivity index (χ0v) is 12.0. The molecule has 0 radical (unpaired) electrons. The van der Waals surface area contributed by atoms with Crippen LogP contribution in [-0.2, 0) is 0 Å². The molecule has 4 nitrogen and oxygen atoms in total. The predicted molar refractivity (Wildman–Crippen MR) is 76.0 cm³/mol. The third-order valence-corrected chi connectivity index (χ3v) is 3.91. The zero-order chi connectivity index (χ0) is 12.5. The Kier molecular flexibility index (Phi) is 3.26. The van der Waals surface area contributed by atoms with Crippen molar-refractivity contribution < 1.29 is 4.42 Å². The number of aromatic nitrogens is 1. The summed E-state index contributed by atoms with van der Waals surface area (Å²) >= 11 is 3.47. The molecule has 1 fully saturated rings. The van der Waals surface area contributed by atoms with Gasteiger partial charge in [-0.1, -0.05) is 6.92 Å². The highest BCUT2D eigenvalue weighted by molar-refractivity contribution is 9.10. The van der Waals surface area contributed by atoms with Crippen molar-refractivity contribution in [3.63, 3.8) is 0 Å². The Morgan fingerprint density at radius 3 is 2.83 bits per heavy atom. The molecule has 0 spiro atoms. The Labute approximate surface area is 115 Å². The number of fused-ring (bicyclic) bond motifs is 1. The van der Waals surface area contributed by atoms with Gasteiger partial charge in [-0.05, 0) is 34.6 Å². The van der Waals surface area contributed by atoms with Crippen LogP contribution < -0.4 is 4.90 Å². The molecule has 0 bridgehead atoms. The summed E-state index contributed by atoms with van der Waals surface area (Å²) in [7, 11) is 0. The van der Waals surface area contributed by atoms with Crippen LogP contribution in [-0.4, -0.2) is 42.6 Å². The first-order valence-electron chi connectivity index (χ1n) is 6.29. The van der Waals surface area contributed by atoms with Crippen molar-refractivity contribution in [2.45, 2.75) is 6.92 Å². The van der Waals surface area contributed by atoms with Crippen LogP contribution in [0.15, 0.2) is 27.4 Å². The molecule has 2 aromatic heterocycles. The number of likely N-dealkylation sites (N-methyl/N-ethyl adjacent to an activating group) is 1. The van der Waals surface area contributed by atoms with Gasteiger partial charge in [-0.2, -0.15) is 0 Å². The number of rotatable bonds is 2. The van der Waals surface area contributed by atoms with E-state index < -0.39 is 0 Å². The van der Waals surface area contributed by atoms with Gasteiger partial charge in [0.25, 0.3) is 0 Å². The quantitative estimate of drug-likeness (QED) is 0.799. The number of hydrogen-bond donors (Lipinski definition) is 0. The zero-order valence-electron chi connectivity index (χ0n) is 10.4. The largest absolute Gasteiger partial charge is 0.460 e. The average Bonchev–Trinajstić information content (AvgIpc) is 2.86. The highest BCUT2D eigenvalue weighted by atomic mass is 79.9. The molecule has 0 unspecified atom stereocenters. The Morgan fingerprint density at radius 2 is 2.11 bits per heavy atom. The Bertz CT molecular complexity index is 546. The van der Waals surface area contributed by atoms with Crippen molar-refractivity contribution in [2.75, 3.05) is 37.6 Å². The lowest BCUT2D eigenvalue weighted by molar-refractivity contribution is 0.270. The van der Waals surface area contributed by atoms with Gasteiger partial charge >= 0.3 is 0 Å². The van der Waals surface area contributed by atoms with Gasteiger partial charge in [-0.25, -0.2) is 4.98 Å². The van der Waals surface area contributed by atoms with Crippen molar-refractivity contribution in [1.29, 1.82) is 0 Å². The smallest absolute Gasteiger partial charge is 0.176 e. The third-order valence-electron chi connectivity index (χ3n) is 3.51. The van der Waals surface area contributed by atoms with Crippen LogP contribution in [0.3, 0.4) is 0 Å². The van der Waals surface area contributed by atoms with E-state index >= 15 is 0 Å². The van der Waals surface area contributed by atoms with Gasteiger partial charge in [0.15, 0.2) is 11.4 Å². The molecular formula is C13H16BrN3O. The second kappa shape index (κ2) is 4.90. The minimum Gasteiger partial charge on any atom is -0.460 e. The lowest BCUT2D eigenvalue weighted by Gasteiger charge is -2.34. The molecule has 0 atom stereocenters. The van der Waals surface area contributed by atoms with Crippen LogP contribution in [0.2, 0.25) is 0 Å². The second-order valence-electron chi connectivity index (χ2n) is 4.53. The number of hydrogen-bond acceptors (Lipinski definition) is 4. The van der Waals surface area contributed by atoms with Gasteiger partial charge in [0.2, 0.25) is 0 Å². The summed E-state index contributed by atoms with van der Waals surface area (Å²) in [4.78, 5) is 9.34. The maximum Gasteiger partial charge on any atom is 0.176 e. The van der Waals surface area contributed by atoms with Crippen LogP contribution in [0.5, 0.6) is 0 Å². The van der Waals surface area contributed by atoms with Crippen molar-refractivity contribution >= 4 is 32.7 Å². The normalized spacial score (nSPS) is 17.6. The molecular weight excluding hydrogens is 294 g/mol. The van der Waals surface area contributed by atoms with Crippen molar-refractivity contribution in [3.05, 3.63) is 23.0 Å². The number of halogens is 1. The van der Waals surface area contributed by atoms with Crippen LogP contribution in [0.4, 0.5) is 5.82 Å². The highest BCUT2D eigenvalue weighted by Crippen LogP contribution is 2.29. The maximum absolute atomic E-state index is 5.57. The minimum atomic E-state index is 0.865. The van der Waals surface area contributed by atoms with Crippen LogP contribution in [0.1, 0.15) is 6.92 Å². The summed E-state index contributed by atoms with van der Waals surface area (Å²) in [5, 5.41) is 1.10. The molecule has 2 aromatic rings. The summed E-state index contributed by atoms with van der Waals surface area (Å²) in [6, 6.07) is 3.97. The van der Waals surface area contributed by atoms with Gasteiger partial charge in [0.05, 0.1) is 6.26 Å². The number of pyridine rings is 1. The van der Waals surface area contributed by atoms with E-state index in [1.54, 1.807) is 6.26 Å². The van der Waals surface area contributed by atoms with E-state index in [4.69, 9.17) is 4.42 Å².